The van der Waals surface area contributed by atoms with E-state index in [2.05, 4.69) is 30.1 Å². The lowest BCUT2D eigenvalue weighted by Gasteiger charge is -2.01. The summed E-state index contributed by atoms with van der Waals surface area (Å²) >= 11 is 3.17. The Kier molecular flexibility index (Phi) is 4.03. The highest BCUT2D eigenvalue weighted by molar-refractivity contribution is 7.16. The van der Waals surface area contributed by atoms with Crippen LogP contribution in [0.3, 0.4) is 0 Å². The molecule has 1 amide bonds. The van der Waals surface area contributed by atoms with Gasteiger partial charge in [-0.25, -0.2) is 0 Å². The summed E-state index contributed by atoms with van der Waals surface area (Å²) in [6, 6.07) is 10.2. The Morgan fingerprint density at radius 2 is 2.14 bits per heavy atom. The van der Waals surface area contributed by atoms with Crippen LogP contribution in [0.1, 0.15) is 17.4 Å². The lowest BCUT2D eigenvalue weighted by Crippen LogP contribution is -2.14. The van der Waals surface area contributed by atoms with Gasteiger partial charge in [-0.2, -0.15) is 4.99 Å². The van der Waals surface area contributed by atoms with E-state index in [9.17, 15) is 4.79 Å². The van der Waals surface area contributed by atoms with Crippen LogP contribution in [0.4, 0.5) is 0 Å². The van der Waals surface area contributed by atoms with E-state index in [4.69, 9.17) is 0 Å². The number of thiophene rings is 1. The minimum Gasteiger partial charge on any atom is -0.319 e. The molecule has 1 aromatic carbocycles. The Labute approximate surface area is 131 Å². The van der Waals surface area contributed by atoms with E-state index in [1.54, 1.807) is 22.7 Å². The predicted molar refractivity (Wildman–Crippen MR) is 88.8 cm³/mol. The standard InChI is InChI=1S/C16H16N2OS2/c1-3-11-6-4-8-13-15(11)18(2)16(21-13)17-14(19)10-12-7-5-9-20-12/h4-9H,3,10H2,1-2H3. The molecule has 0 radical (unpaired) electrons. The highest BCUT2D eigenvalue weighted by Crippen LogP contribution is 2.21. The topological polar surface area (TPSA) is 34.4 Å². The van der Waals surface area contributed by atoms with Crippen molar-refractivity contribution < 1.29 is 4.79 Å². The fraction of sp³-hybridized carbons (Fsp3) is 0.250. The molecule has 0 atom stereocenters. The zero-order valence-electron chi connectivity index (χ0n) is 12.0. The van der Waals surface area contributed by atoms with Crippen LogP contribution >= 0.6 is 22.7 Å². The number of nitrogens with zero attached hydrogens (tertiary/aromatic N) is 2. The SMILES string of the molecule is CCc1cccc2sc(=NC(=O)Cc3cccs3)n(C)c12. The Bertz CT molecular complexity index is 841. The minimum atomic E-state index is -0.0855. The average Bonchev–Trinajstić information content (AvgIpc) is 3.08. The molecule has 0 aliphatic carbocycles. The number of fused-ring (bicyclic) bond motifs is 1. The molecule has 0 spiro atoms. The summed E-state index contributed by atoms with van der Waals surface area (Å²) in [6.07, 6.45) is 1.36. The molecule has 0 N–H and O–H groups in total. The van der Waals surface area contributed by atoms with Crippen molar-refractivity contribution in [2.75, 3.05) is 0 Å². The van der Waals surface area contributed by atoms with Crippen LogP contribution in [0, 0.1) is 0 Å². The monoisotopic (exact) mass is 316 g/mol. The lowest BCUT2D eigenvalue weighted by atomic mass is 10.1. The Morgan fingerprint density at radius 1 is 1.29 bits per heavy atom. The Hall–Kier alpha value is -1.72. The molecule has 108 valence electrons. The molecule has 3 rings (SSSR count). The number of rotatable bonds is 3. The molecule has 0 saturated carbocycles. The molecule has 0 unspecified atom stereocenters. The number of hydrogen-bond donors (Lipinski definition) is 0. The summed E-state index contributed by atoms with van der Waals surface area (Å²) in [4.78, 5) is 18.2. The maximum Gasteiger partial charge on any atom is 0.253 e. The number of aryl methyl sites for hydroxylation is 2. The zero-order chi connectivity index (χ0) is 14.8. The van der Waals surface area contributed by atoms with Crippen molar-refractivity contribution in [1.29, 1.82) is 0 Å². The van der Waals surface area contributed by atoms with Gasteiger partial charge in [0.1, 0.15) is 0 Å². The van der Waals surface area contributed by atoms with E-state index in [1.807, 2.05) is 29.1 Å². The molecular weight excluding hydrogens is 300 g/mol. The van der Waals surface area contributed by atoms with Crippen LogP contribution in [0.2, 0.25) is 0 Å². The first-order chi connectivity index (χ1) is 10.2. The third-order valence-corrected chi connectivity index (χ3v) is 5.39. The highest BCUT2D eigenvalue weighted by atomic mass is 32.1. The van der Waals surface area contributed by atoms with Gasteiger partial charge >= 0.3 is 0 Å². The first-order valence-electron chi connectivity index (χ1n) is 6.86. The quantitative estimate of drug-likeness (QED) is 0.728. The minimum absolute atomic E-state index is 0.0855. The normalized spacial score (nSPS) is 12.2. The molecule has 2 heterocycles. The van der Waals surface area contributed by atoms with Crippen molar-refractivity contribution in [3.8, 4) is 0 Å². The van der Waals surface area contributed by atoms with Crippen molar-refractivity contribution in [1.82, 2.24) is 4.57 Å². The van der Waals surface area contributed by atoms with Crippen molar-refractivity contribution in [2.45, 2.75) is 19.8 Å². The summed E-state index contributed by atoms with van der Waals surface area (Å²) in [5.74, 6) is -0.0855. The first-order valence-corrected chi connectivity index (χ1v) is 8.56. The maximum atomic E-state index is 12.1. The largest absolute Gasteiger partial charge is 0.319 e. The number of amides is 1. The van der Waals surface area contributed by atoms with Gasteiger partial charge in [-0.15, -0.1) is 11.3 Å². The fourth-order valence-corrected chi connectivity index (χ4v) is 4.16. The second kappa shape index (κ2) is 5.95. The van der Waals surface area contributed by atoms with Gasteiger partial charge < -0.3 is 4.57 Å². The summed E-state index contributed by atoms with van der Waals surface area (Å²) in [5, 5.41) is 1.98. The van der Waals surface area contributed by atoms with Crippen LogP contribution in [0.15, 0.2) is 40.7 Å². The van der Waals surface area contributed by atoms with Crippen molar-refractivity contribution in [3.63, 3.8) is 0 Å². The van der Waals surface area contributed by atoms with Gasteiger partial charge in [-0.1, -0.05) is 36.5 Å². The van der Waals surface area contributed by atoms with Crippen LogP contribution in [-0.2, 0) is 24.7 Å². The van der Waals surface area contributed by atoms with Crippen molar-refractivity contribution in [2.24, 2.45) is 12.0 Å². The van der Waals surface area contributed by atoms with Crippen molar-refractivity contribution >= 4 is 38.8 Å². The molecule has 2 aromatic heterocycles. The molecule has 0 bridgehead atoms. The van der Waals surface area contributed by atoms with Crippen LogP contribution in [0.25, 0.3) is 10.2 Å². The first kappa shape index (κ1) is 14.2. The number of carbonyl (C=O) groups excluding carboxylic acids is 1. The number of aromatic nitrogens is 1. The molecule has 3 nitrogen and oxygen atoms in total. The number of thiazole rings is 1. The molecule has 21 heavy (non-hydrogen) atoms. The van der Waals surface area contributed by atoms with Gasteiger partial charge in [0.05, 0.1) is 16.6 Å². The smallest absolute Gasteiger partial charge is 0.253 e. The molecule has 5 heteroatoms. The van der Waals surface area contributed by atoms with Gasteiger partial charge in [0.15, 0.2) is 4.80 Å². The fourth-order valence-electron chi connectivity index (χ4n) is 2.38. The summed E-state index contributed by atoms with van der Waals surface area (Å²) in [6.45, 7) is 2.14. The third kappa shape index (κ3) is 2.84. The highest BCUT2D eigenvalue weighted by Gasteiger charge is 2.08. The second-order valence-corrected chi connectivity index (χ2v) is 6.86. The average molecular weight is 316 g/mol. The molecular formula is C16H16N2OS2. The third-order valence-electron chi connectivity index (χ3n) is 3.41. The van der Waals surface area contributed by atoms with Crippen LogP contribution in [-0.4, -0.2) is 10.5 Å². The second-order valence-electron chi connectivity index (χ2n) is 4.82. The Balaban J connectivity index is 2.02. The summed E-state index contributed by atoms with van der Waals surface area (Å²) in [7, 11) is 1.98. The van der Waals surface area contributed by atoms with Gasteiger partial charge in [-0.05, 0) is 29.5 Å². The molecule has 3 aromatic rings. The van der Waals surface area contributed by atoms with Gasteiger partial charge in [0.2, 0.25) is 0 Å². The van der Waals surface area contributed by atoms with Crippen LogP contribution in [0.5, 0.6) is 0 Å². The van der Waals surface area contributed by atoms with E-state index in [-0.39, 0.29) is 5.91 Å². The summed E-state index contributed by atoms with van der Waals surface area (Å²) in [5.41, 5.74) is 2.48. The number of benzene rings is 1. The van der Waals surface area contributed by atoms with E-state index in [1.165, 1.54) is 15.8 Å². The summed E-state index contributed by atoms with van der Waals surface area (Å²) < 4.78 is 3.21. The van der Waals surface area contributed by atoms with E-state index < -0.39 is 0 Å². The van der Waals surface area contributed by atoms with Gasteiger partial charge in [0.25, 0.3) is 5.91 Å². The molecule has 0 fully saturated rings. The molecule has 0 aliphatic rings. The van der Waals surface area contributed by atoms with Gasteiger partial charge in [-0.3, -0.25) is 4.79 Å². The van der Waals surface area contributed by atoms with E-state index >= 15 is 0 Å². The van der Waals surface area contributed by atoms with Gasteiger partial charge in [0, 0.05) is 11.9 Å². The van der Waals surface area contributed by atoms with Crippen LogP contribution < -0.4 is 4.80 Å². The molecule has 0 aliphatic heterocycles. The maximum absolute atomic E-state index is 12.1. The lowest BCUT2D eigenvalue weighted by molar-refractivity contribution is -0.117. The van der Waals surface area contributed by atoms with E-state index in [0.717, 1.165) is 16.1 Å². The van der Waals surface area contributed by atoms with E-state index in [0.29, 0.717) is 6.42 Å². The number of para-hydroxylation sites is 1. The van der Waals surface area contributed by atoms with Crippen molar-refractivity contribution in [3.05, 3.63) is 51.0 Å². The Morgan fingerprint density at radius 3 is 2.86 bits per heavy atom. The zero-order valence-corrected chi connectivity index (χ0v) is 13.6. The number of carbonyl (C=O) groups is 1. The number of hydrogen-bond acceptors (Lipinski definition) is 3. The predicted octanol–water partition coefficient (Wildman–Crippen LogP) is 3.53. The molecule has 0 saturated heterocycles.